The van der Waals surface area contributed by atoms with E-state index in [-0.39, 0.29) is 5.91 Å². The van der Waals surface area contributed by atoms with E-state index in [9.17, 15) is 4.79 Å². The van der Waals surface area contributed by atoms with Gasteiger partial charge in [-0.3, -0.25) is 4.79 Å². The first-order valence-corrected chi connectivity index (χ1v) is 6.65. The molecule has 20 heavy (non-hydrogen) atoms. The Morgan fingerprint density at radius 3 is 2.85 bits per heavy atom. The average molecular weight is 272 g/mol. The first-order valence-electron chi connectivity index (χ1n) is 6.65. The summed E-state index contributed by atoms with van der Waals surface area (Å²) >= 11 is 0. The molecule has 1 N–H and O–H groups in total. The molecule has 1 aliphatic heterocycles. The number of carbonyl (C=O) groups excluding carboxylic acids is 1. The number of aryl methyl sites for hydroxylation is 1. The predicted molar refractivity (Wildman–Crippen MR) is 73.2 cm³/mol. The zero-order chi connectivity index (χ0) is 13.9. The zero-order valence-electron chi connectivity index (χ0n) is 11.3. The molecule has 0 spiro atoms. The van der Waals surface area contributed by atoms with E-state index in [0.29, 0.717) is 17.3 Å². The van der Waals surface area contributed by atoms with Crippen LogP contribution in [0.15, 0.2) is 28.8 Å². The third-order valence-electron chi connectivity index (χ3n) is 3.30. The lowest BCUT2D eigenvalue weighted by Gasteiger charge is -2.27. The van der Waals surface area contributed by atoms with Gasteiger partial charge in [0.1, 0.15) is 0 Å². The summed E-state index contributed by atoms with van der Waals surface area (Å²) in [5.74, 6) is 1.07. The molecule has 2 heterocycles. The molecule has 0 unspecified atom stereocenters. The Morgan fingerprint density at radius 2 is 2.15 bits per heavy atom. The highest BCUT2D eigenvalue weighted by molar-refractivity contribution is 5.95. The van der Waals surface area contributed by atoms with Crippen LogP contribution in [0, 0.1) is 6.92 Å². The van der Waals surface area contributed by atoms with Crippen LogP contribution in [0.2, 0.25) is 0 Å². The van der Waals surface area contributed by atoms with Crippen molar-refractivity contribution in [3.05, 3.63) is 35.7 Å². The molecule has 1 aromatic carbocycles. The van der Waals surface area contributed by atoms with Crippen molar-refractivity contribution < 1.29 is 9.32 Å². The number of benzene rings is 1. The van der Waals surface area contributed by atoms with Gasteiger partial charge in [-0.1, -0.05) is 17.3 Å². The minimum Gasteiger partial charge on any atom is -0.339 e. The Morgan fingerprint density at radius 1 is 1.35 bits per heavy atom. The maximum atomic E-state index is 12.4. The summed E-state index contributed by atoms with van der Waals surface area (Å²) in [6, 6.07) is 7.35. The van der Waals surface area contributed by atoms with Crippen molar-refractivity contribution in [2.45, 2.75) is 6.92 Å². The van der Waals surface area contributed by atoms with Crippen LogP contribution >= 0.6 is 0 Å². The molecule has 3 rings (SSSR count). The number of piperazine rings is 1. The number of hydrogen-bond donors (Lipinski definition) is 1. The molecule has 0 radical (unpaired) electrons. The molecule has 0 aliphatic carbocycles. The maximum Gasteiger partial charge on any atom is 0.253 e. The van der Waals surface area contributed by atoms with Gasteiger partial charge in [0, 0.05) is 44.2 Å². The molecule has 6 heteroatoms. The van der Waals surface area contributed by atoms with Gasteiger partial charge in [0.25, 0.3) is 5.91 Å². The van der Waals surface area contributed by atoms with Crippen molar-refractivity contribution >= 4 is 5.91 Å². The van der Waals surface area contributed by atoms with Crippen LogP contribution in [0.5, 0.6) is 0 Å². The average Bonchev–Trinajstić information content (AvgIpc) is 2.94. The highest BCUT2D eigenvalue weighted by atomic mass is 16.5. The van der Waals surface area contributed by atoms with E-state index < -0.39 is 0 Å². The molecule has 6 nitrogen and oxygen atoms in total. The first-order chi connectivity index (χ1) is 9.74. The molecule has 0 atom stereocenters. The Hall–Kier alpha value is -2.21. The second kappa shape index (κ2) is 5.42. The van der Waals surface area contributed by atoms with Gasteiger partial charge >= 0.3 is 0 Å². The summed E-state index contributed by atoms with van der Waals surface area (Å²) in [7, 11) is 0. The fourth-order valence-corrected chi connectivity index (χ4v) is 2.26. The van der Waals surface area contributed by atoms with Crippen LogP contribution in [0.25, 0.3) is 11.4 Å². The second-order valence-corrected chi connectivity index (χ2v) is 4.76. The van der Waals surface area contributed by atoms with Crippen LogP contribution in [-0.2, 0) is 0 Å². The summed E-state index contributed by atoms with van der Waals surface area (Å²) in [5, 5.41) is 7.11. The predicted octanol–water partition coefficient (Wildman–Crippen LogP) is 1.09. The second-order valence-electron chi connectivity index (χ2n) is 4.76. The van der Waals surface area contributed by atoms with Gasteiger partial charge in [-0.2, -0.15) is 4.98 Å². The lowest BCUT2D eigenvalue weighted by molar-refractivity contribution is 0.0736. The fraction of sp³-hybridized carbons (Fsp3) is 0.357. The number of amides is 1. The van der Waals surface area contributed by atoms with Crippen molar-refractivity contribution in [3.63, 3.8) is 0 Å². The maximum absolute atomic E-state index is 12.4. The molecule has 1 fully saturated rings. The normalized spacial score (nSPS) is 15.3. The molecule has 104 valence electrons. The van der Waals surface area contributed by atoms with Crippen molar-refractivity contribution in [1.29, 1.82) is 0 Å². The number of aromatic nitrogens is 2. The van der Waals surface area contributed by atoms with Crippen LogP contribution in [0.4, 0.5) is 0 Å². The summed E-state index contributed by atoms with van der Waals surface area (Å²) in [6.07, 6.45) is 0. The van der Waals surface area contributed by atoms with Crippen LogP contribution < -0.4 is 5.32 Å². The Labute approximate surface area is 116 Å². The molecule has 2 aromatic rings. The molecule has 1 saturated heterocycles. The number of nitrogens with one attached hydrogen (secondary N) is 1. The zero-order valence-corrected chi connectivity index (χ0v) is 11.3. The monoisotopic (exact) mass is 272 g/mol. The van der Waals surface area contributed by atoms with Crippen molar-refractivity contribution in [3.8, 4) is 11.4 Å². The molecule has 0 bridgehead atoms. The largest absolute Gasteiger partial charge is 0.339 e. The summed E-state index contributed by atoms with van der Waals surface area (Å²) in [5.41, 5.74) is 1.45. The topological polar surface area (TPSA) is 71.3 Å². The molecular formula is C14H16N4O2. The highest BCUT2D eigenvalue weighted by Gasteiger charge is 2.18. The Balaban J connectivity index is 1.85. The van der Waals surface area contributed by atoms with Gasteiger partial charge in [-0.05, 0) is 12.1 Å². The third-order valence-corrected chi connectivity index (χ3v) is 3.30. The van der Waals surface area contributed by atoms with E-state index in [1.165, 1.54) is 0 Å². The van der Waals surface area contributed by atoms with E-state index in [4.69, 9.17) is 4.52 Å². The van der Waals surface area contributed by atoms with E-state index in [1.54, 1.807) is 6.92 Å². The van der Waals surface area contributed by atoms with Crippen molar-refractivity contribution in [2.24, 2.45) is 0 Å². The van der Waals surface area contributed by atoms with Gasteiger partial charge in [-0.15, -0.1) is 0 Å². The van der Waals surface area contributed by atoms with Gasteiger partial charge in [0.2, 0.25) is 11.7 Å². The first kappa shape index (κ1) is 12.8. The molecular weight excluding hydrogens is 256 g/mol. The van der Waals surface area contributed by atoms with Gasteiger partial charge in [0.15, 0.2) is 0 Å². The minimum atomic E-state index is 0.0496. The minimum absolute atomic E-state index is 0.0496. The summed E-state index contributed by atoms with van der Waals surface area (Å²) < 4.78 is 4.97. The molecule has 0 saturated carbocycles. The summed E-state index contributed by atoms with van der Waals surface area (Å²) in [4.78, 5) is 18.5. The standard InChI is InChI=1S/C14H16N4O2/c1-10-16-13(17-20-10)11-3-2-4-12(9-11)14(19)18-7-5-15-6-8-18/h2-4,9,15H,5-8H2,1H3. The van der Waals surface area contributed by atoms with Gasteiger partial charge in [-0.25, -0.2) is 0 Å². The smallest absolute Gasteiger partial charge is 0.253 e. The fourth-order valence-electron chi connectivity index (χ4n) is 2.26. The lowest BCUT2D eigenvalue weighted by atomic mass is 10.1. The Bertz CT molecular complexity index is 617. The quantitative estimate of drug-likeness (QED) is 0.886. The van der Waals surface area contributed by atoms with Crippen molar-refractivity contribution in [2.75, 3.05) is 26.2 Å². The van der Waals surface area contributed by atoms with Gasteiger partial charge < -0.3 is 14.7 Å². The Kier molecular flexibility index (Phi) is 3.47. The molecule has 1 aromatic heterocycles. The third kappa shape index (κ3) is 2.55. The number of hydrogen-bond acceptors (Lipinski definition) is 5. The van der Waals surface area contributed by atoms with Gasteiger partial charge in [0.05, 0.1) is 0 Å². The van der Waals surface area contributed by atoms with Crippen LogP contribution in [-0.4, -0.2) is 47.1 Å². The van der Waals surface area contributed by atoms with Crippen LogP contribution in [0.1, 0.15) is 16.2 Å². The van der Waals surface area contributed by atoms with Crippen molar-refractivity contribution in [1.82, 2.24) is 20.4 Å². The van der Waals surface area contributed by atoms with E-state index >= 15 is 0 Å². The number of carbonyl (C=O) groups is 1. The van der Waals surface area contributed by atoms with E-state index in [2.05, 4.69) is 15.5 Å². The molecule has 1 aliphatic rings. The molecule has 1 amide bonds. The van der Waals surface area contributed by atoms with Crippen LogP contribution in [0.3, 0.4) is 0 Å². The van der Waals surface area contributed by atoms with E-state index in [0.717, 1.165) is 31.7 Å². The number of rotatable bonds is 2. The number of nitrogens with zero attached hydrogens (tertiary/aromatic N) is 3. The SMILES string of the molecule is Cc1nc(-c2cccc(C(=O)N3CCNCC3)c2)no1. The van der Waals surface area contributed by atoms with E-state index in [1.807, 2.05) is 29.2 Å². The lowest BCUT2D eigenvalue weighted by Crippen LogP contribution is -2.46. The summed E-state index contributed by atoms with van der Waals surface area (Å²) in [6.45, 7) is 4.91. The highest BCUT2D eigenvalue weighted by Crippen LogP contribution is 2.18.